The van der Waals surface area contributed by atoms with Gasteiger partial charge in [0, 0.05) is 37.3 Å². The number of morpholine rings is 1. The Bertz CT molecular complexity index is 937. The first-order chi connectivity index (χ1) is 14.8. The minimum absolute atomic E-state index is 0.152. The molecule has 1 amide bonds. The summed E-state index contributed by atoms with van der Waals surface area (Å²) in [6.07, 6.45) is 8.74. The van der Waals surface area contributed by atoms with Crippen LogP contribution in [0, 0.1) is 0 Å². The second kappa shape index (κ2) is 9.89. The van der Waals surface area contributed by atoms with Crippen LogP contribution in [0.3, 0.4) is 0 Å². The molecule has 4 rings (SSSR count). The van der Waals surface area contributed by atoms with Gasteiger partial charge in [0.15, 0.2) is 0 Å². The summed E-state index contributed by atoms with van der Waals surface area (Å²) in [6, 6.07) is 11.4. The van der Waals surface area contributed by atoms with Crippen molar-refractivity contribution in [3.8, 4) is 0 Å². The fourth-order valence-electron chi connectivity index (χ4n) is 3.34. The predicted molar refractivity (Wildman–Crippen MR) is 112 cm³/mol. The first-order valence-corrected chi connectivity index (χ1v) is 10.1. The third kappa shape index (κ3) is 5.36. The van der Waals surface area contributed by atoms with Crippen LogP contribution in [0.25, 0.3) is 0 Å². The number of pyridine rings is 2. The van der Waals surface area contributed by atoms with E-state index in [2.05, 4.69) is 25.3 Å². The molecule has 1 aliphatic heterocycles. The van der Waals surface area contributed by atoms with E-state index in [-0.39, 0.29) is 12.0 Å². The van der Waals surface area contributed by atoms with E-state index in [9.17, 15) is 4.79 Å². The number of carbonyl (C=O) groups excluding carboxylic acids is 1. The summed E-state index contributed by atoms with van der Waals surface area (Å²) in [4.78, 5) is 31.6. The largest absolute Gasteiger partial charge is 0.368 e. The molecule has 1 atom stereocenters. The molecule has 1 saturated heterocycles. The van der Waals surface area contributed by atoms with Crippen LogP contribution in [0.1, 0.15) is 30.3 Å². The molecular weight excluding hydrogens is 380 g/mol. The van der Waals surface area contributed by atoms with E-state index in [0.717, 1.165) is 29.9 Å². The third-order valence-electron chi connectivity index (χ3n) is 4.91. The van der Waals surface area contributed by atoms with Gasteiger partial charge >= 0.3 is 0 Å². The summed E-state index contributed by atoms with van der Waals surface area (Å²) < 4.78 is 5.86. The number of hydrogen-bond acceptors (Lipinski definition) is 7. The lowest BCUT2D eigenvalue weighted by Crippen LogP contribution is -2.42. The van der Waals surface area contributed by atoms with E-state index in [4.69, 9.17) is 4.74 Å². The van der Waals surface area contributed by atoms with Crippen LogP contribution in [0.2, 0.25) is 0 Å². The molecule has 0 saturated carbocycles. The Morgan fingerprint density at radius 3 is 2.70 bits per heavy atom. The molecule has 0 aliphatic carbocycles. The number of nitrogens with one attached hydrogen (secondary N) is 1. The van der Waals surface area contributed by atoms with Crippen molar-refractivity contribution in [2.75, 3.05) is 25.0 Å². The molecule has 0 bridgehead atoms. The molecule has 0 spiro atoms. The van der Waals surface area contributed by atoms with Gasteiger partial charge in [-0.15, -0.1) is 0 Å². The number of amides is 1. The summed E-state index contributed by atoms with van der Waals surface area (Å²) in [5.74, 6) is 0.669. The molecule has 0 radical (unpaired) electrons. The van der Waals surface area contributed by atoms with Crippen LogP contribution in [0.15, 0.2) is 61.2 Å². The highest BCUT2D eigenvalue weighted by atomic mass is 16.5. The summed E-state index contributed by atoms with van der Waals surface area (Å²) >= 11 is 0. The molecule has 3 aromatic heterocycles. The Morgan fingerprint density at radius 2 is 1.93 bits per heavy atom. The van der Waals surface area contributed by atoms with Crippen LogP contribution in [-0.2, 0) is 16.0 Å². The van der Waals surface area contributed by atoms with Crippen molar-refractivity contribution in [1.82, 2.24) is 24.8 Å². The SMILES string of the molecule is O=C(CCCc1ccccn1)N1CCO[C@H](c2ccc(Nc3ncccn3)cn2)C1. The molecule has 1 aliphatic rings. The molecule has 154 valence electrons. The lowest BCUT2D eigenvalue weighted by Gasteiger charge is -2.32. The molecule has 8 nitrogen and oxygen atoms in total. The van der Waals surface area contributed by atoms with Gasteiger partial charge in [-0.2, -0.15) is 0 Å². The van der Waals surface area contributed by atoms with Crippen LogP contribution in [0.5, 0.6) is 0 Å². The number of aromatic nitrogens is 4. The third-order valence-corrected chi connectivity index (χ3v) is 4.91. The summed E-state index contributed by atoms with van der Waals surface area (Å²) in [5, 5.41) is 3.10. The Balaban J connectivity index is 1.29. The average Bonchev–Trinajstić information content (AvgIpc) is 2.81. The maximum atomic E-state index is 12.6. The summed E-state index contributed by atoms with van der Waals surface area (Å²) in [6.45, 7) is 1.64. The van der Waals surface area contributed by atoms with Crippen LogP contribution >= 0.6 is 0 Å². The molecule has 30 heavy (non-hydrogen) atoms. The molecule has 0 unspecified atom stereocenters. The minimum atomic E-state index is -0.222. The number of nitrogens with zero attached hydrogens (tertiary/aromatic N) is 5. The van der Waals surface area contributed by atoms with E-state index in [1.165, 1.54) is 0 Å². The Kier molecular flexibility index (Phi) is 6.56. The molecular formula is C22H24N6O2. The zero-order valence-electron chi connectivity index (χ0n) is 16.6. The smallest absolute Gasteiger partial charge is 0.227 e. The predicted octanol–water partition coefficient (Wildman–Crippen LogP) is 2.93. The van der Waals surface area contributed by atoms with E-state index >= 15 is 0 Å². The van der Waals surface area contributed by atoms with E-state index < -0.39 is 0 Å². The van der Waals surface area contributed by atoms with Gasteiger partial charge in [-0.05, 0) is 43.2 Å². The minimum Gasteiger partial charge on any atom is -0.368 e. The quantitative estimate of drug-likeness (QED) is 0.647. The highest BCUT2D eigenvalue weighted by Gasteiger charge is 2.26. The second-order valence-electron chi connectivity index (χ2n) is 7.04. The summed E-state index contributed by atoms with van der Waals surface area (Å²) in [7, 11) is 0. The average molecular weight is 404 g/mol. The first kappa shape index (κ1) is 19.9. The highest BCUT2D eigenvalue weighted by molar-refractivity contribution is 5.76. The molecule has 3 aromatic rings. The summed E-state index contributed by atoms with van der Waals surface area (Å²) in [5.41, 5.74) is 2.62. The maximum absolute atomic E-state index is 12.6. The van der Waals surface area contributed by atoms with Gasteiger partial charge in [-0.1, -0.05) is 6.07 Å². The van der Waals surface area contributed by atoms with Crippen molar-refractivity contribution in [2.45, 2.75) is 25.4 Å². The monoisotopic (exact) mass is 404 g/mol. The Labute approximate surface area is 175 Å². The number of ether oxygens (including phenoxy) is 1. The van der Waals surface area contributed by atoms with Gasteiger partial charge < -0.3 is 15.0 Å². The molecule has 8 heteroatoms. The maximum Gasteiger partial charge on any atom is 0.227 e. The lowest BCUT2D eigenvalue weighted by atomic mass is 10.1. The Morgan fingerprint density at radius 1 is 1.07 bits per heavy atom. The molecule has 4 heterocycles. The van der Waals surface area contributed by atoms with Gasteiger partial charge in [0.2, 0.25) is 11.9 Å². The van der Waals surface area contributed by atoms with Gasteiger partial charge in [-0.25, -0.2) is 9.97 Å². The lowest BCUT2D eigenvalue weighted by molar-refractivity contribution is -0.139. The van der Waals surface area contributed by atoms with Crippen molar-refractivity contribution in [2.24, 2.45) is 0 Å². The molecule has 1 fully saturated rings. The van der Waals surface area contributed by atoms with E-state index in [1.807, 2.05) is 35.2 Å². The fourth-order valence-corrected chi connectivity index (χ4v) is 3.34. The first-order valence-electron chi connectivity index (χ1n) is 10.1. The van der Waals surface area contributed by atoms with E-state index in [1.54, 1.807) is 30.9 Å². The van der Waals surface area contributed by atoms with Crippen molar-refractivity contribution >= 4 is 17.5 Å². The van der Waals surface area contributed by atoms with Gasteiger partial charge in [0.05, 0.1) is 30.7 Å². The van der Waals surface area contributed by atoms with E-state index in [0.29, 0.717) is 32.1 Å². The number of rotatable bonds is 7. The Hall–Kier alpha value is -3.39. The van der Waals surface area contributed by atoms with Crippen LogP contribution in [0.4, 0.5) is 11.6 Å². The standard InChI is InChI=1S/C22H24N6O2/c29-21(7-3-6-17-5-1-2-10-23-17)28-13-14-30-20(16-28)19-9-8-18(15-26-19)27-22-24-11-4-12-25-22/h1-2,4-5,8-12,15,20H,3,6-7,13-14,16H2,(H,24,25,27)/t20-/m0/s1. The normalized spacial score (nSPS) is 16.3. The number of anilines is 2. The van der Waals surface area contributed by atoms with Gasteiger partial charge in [0.25, 0.3) is 0 Å². The highest BCUT2D eigenvalue weighted by Crippen LogP contribution is 2.23. The zero-order valence-corrected chi connectivity index (χ0v) is 16.6. The number of hydrogen-bond donors (Lipinski definition) is 1. The topological polar surface area (TPSA) is 93.1 Å². The van der Waals surface area contributed by atoms with Crippen LogP contribution in [-0.4, -0.2) is 50.4 Å². The molecule has 1 N–H and O–H groups in total. The fraction of sp³-hybridized carbons (Fsp3) is 0.318. The second-order valence-corrected chi connectivity index (χ2v) is 7.04. The van der Waals surface area contributed by atoms with Crippen molar-refractivity contribution in [1.29, 1.82) is 0 Å². The number of carbonyl (C=O) groups is 1. The van der Waals surface area contributed by atoms with Crippen molar-refractivity contribution in [3.63, 3.8) is 0 Å². The zero-order chi connectivity index (χ0) is 20.6. The van der Waals surface area contributed by atoms with Crippen molar-refractivity contribution < 1.29 is 9.53 Å². The van der Waals surface area contributed by atoms with Crippen molar-refractivity contribution in [3.05, 3.63) is 72.6 Å². The number of aryl methyl sites for hydroxylation is 1. The van der Waals surface area contributed by atoms with Gasteiger partial charge in [0.1, 0.15) is 6.10 Å². The van der Waals surface area contributed by atoms with Crippen LogP contribution < -0.4 is 5.32 Å². The van der Waals surface area contributed by atoms with Gasteiger partial charge in [-0.3, -0.25) is 14.8 Å². The molecule has 0 aromatic carbocycles.